The molecule has 7 atom stereocenters. The summed E-state index contributed by atoms with van der Waals surface area (Å²) in [6.45, 7) is 4.92. The van der Waals surface area contributed by atoms with Crippen LogP contribution in [0.4, 0.5) is 4.79 Å². The number of imide groups is 1. The van der Waals surface area contributed by atoms with Crippen molar-refractivity contribution in [1.29, 1.82) is 0 Å². The molecule has 5 aliphatic heterocycles. The highest BCUT2D eigenvalue weighted by molar-refractivity contribution is 8.01. The molecular weight excluding hydrogens is 562 g/mol. The summed E-state index contributed by atoms with van der Waals surface area (Å²) in [6, 6.07) is 16.1. The summed E-state index contributed by atoms with van der Waals surface area (Å²) in [5, 5.41) is 10.3. The number of nitrogens with one attached hydrogen (secondary N) is 3. The first-order chi connectivity index (χ1) is 19.6. The number of rotatable bonds is 7. The minimum atomic E-state index is -0.265. The maximum Gasteiger partial charge on any atom is 0.324 e. The smallest absolute Gasteiger partial charge is 0.324 e. The molecule has 0 bridgehead atoms. The number of unbranched alkanes of at least 4 members (excludes halogenated alkanes) is 1. The lowest BCUT2D eigenvalue weighted by Crippen LogP contribution is -2.67. The zero-order valence-corrected chi connectivity index (χ0v) is 24.8. The summed E-state index contributed by atoms with van der Waals surface area (Å²) >= 11 is 1.65. The van der Waals surface area contributed by atoms with Crippen LogP contribution in [0.5, 0.6) is 11.5 Å². The second-order valence-electron chi connectivity index (χ2n) is 11.5. The molecule has 0 spiro atoms. The van der Waals surface area contributed by atoms with Gasteiger partial charge in [-0.2, -0.15) is 0 Å². The normalized spacial score (nSPS) is 32.1. The molecule has 5 unspecified atom stereocenters. The molecule has 5 aliphatic rings. The average Bonchev–Trinajstić information content (AvgIpc) is 3.58. The standard InChI is InChI=1S/C30H37N5O4S.ClH/c1-38-22-10-7-11-23-24(22)20-16-34(15-19(20)17-39-23)12-5-6-13-35-29(36)27-25(33-30(35)37)26-28(40-27)31-14-21(32-26)18-8-3-2-4-9-18;/h2-4,7-11,19-21,25-28,31-32H,5-6,12-17H2,1H3,(H,33,37);1H/t19-,20-,21?,25?,26?,27?,28?;/m1./s1. The maximum atomic E-state index is 13.5. The summed E-state index contributed by atoms with van der Waals surface area (Å²) in [5.74, 6) is 2.68. The minimum Gasteiger partial charge on any atom is -0.496 e. The van der Waals surface area contributed by atoms with Gasteiger partial charge in [-0.25, -0.2) is 4.79 Å². The van der Waals surface area contributed by atoms with Crippen LogP contribution in [-0.4, -0.2) is 90.9 Å². The van der Waals surface area contributed by atoms with Crippen LogP contribution in [0, 0.1) is 5.92 Å². The topological polar surface area (TPSA) is 95.2 Å². The molecule has 5 heterocycles. The van der Waals surface area contributed by atoms with Crippen LogP contribution >= 0.6 is 24.2 Å². The number of amides is 3. The third-order valence-electron chi connectivity index (χ3n) is 9.19. The Labute approximate surface area is 251 Å². The van der Waals surface area contributed by atoms with E-state index in [0.717, 1.165) is 57.1 Å². The van der Waals surface area contributed by atoms with E-state index in [9.17, 15) is 9.59 Å². The summed E-state index contributed by atoms with van der Waals surface area (Å²) < 4.78 is 11.7. The number of hydrogen-bond acceptors (Lipinski definition) is 8. The Morgan fingerprint density at radius 1 is 1.02 bits per heavy atom. The summed E-state index contributed by atoms with van der Waals surface area (Å²) in [4.78, 5) is 30.5. The van der Waals surface area contributed by atoms with E-state index in [0.29, 0.717) is 18.4 Å². The lowest BCUT2D eigenvalue weighted by atomic mass is 9.86. The van der Waals surface area contributed by atoms with Gasteiger partial charge in [0.25, 0.3) is 0 Å². The van der Waals surface area contributed by atoms with E-state index < -0.39 is 0 Å². The first-order valence-electron chi connectivity index (χ1n) is 14.4. The van der Waals surface area contributed by atoms with Gasteiger partial charge in [0.05, 0.1) is 31.2 Å². The molecule has 3 N–H and O–H groups in total. The minimum absolute atomic E-state index is 0. The van der Waals surface area contributed by atoms with Crippen molar-refractivity contribution in [2.24, 2.45) is 5.92 Å². The molecule has 3 amide bonds. The Hall–Kier alpha value is -2.50. The van der Waals surface area contributed by atoms with E-state index in [1.54, 1.807) is 18.9 Å². The van der Waals surface area contributed by atoms with Crippen LogP contribution in [0.3, 0.4) is 0 Å². The average molecular weight is 600 g/mol. The number of carbonyl (C=O) groups is 2. The van der Waals surface area contributed by atoms with E-state index in [1.807, 2.05) is 36.4 Å². The number of hydrogen-bond donors (Lipinski definition) is 3. The monoisotopic (exact) mass is 599 g/mol. The van der Waals surface area contributed by atoms with Crippen LogP contribution in [0.25, 0.3) is 0 Å². The molecule has 7 rings (SSSR count). The second-order valence-corrected chi connectivity index (χ2v) is 12.8. The molecule has 9 nitrogen and oxygen atoms in total. The molecule has 0 aromatic heterocycles. The van der Waals surface area contributed by atoms with Gasteiger partial charge in [0, 0.05) is 49.6 Å². The first-order valence-corrected chi connectivity index (χ1v) is 15.4. The van der Waals surface area contributed by atoms with Crippen LogP contribution < -0.4 is 25.4 Å². The Balaban J connectivity index is 0.00000302. The zero-order chi connectivity index (χ0) is 27.2. The first kappa shape index (κ1) is 28.6. The van der Waals surface area contributed by atoms with Crippen molar-refractivity contribution >= 4 is 36.1 Å². The van der Waals surface area contributed by atoms with Crippen LogP contribution in [0.1, 0.15) is 35.9 Å². The number of halogens is 1. The van der Waals surface area contributed by atoms with Crippen LogP contribution in [0.2, 0.25) is 0 Å². The number of likely N-dealkylation sites (tertiary alicyclic amines) is 1. The molecule has 0 saturated carbocycles. The number of piperazine rings is 1. The SMILES string of the molecule is COc1cccc2c1[C@@H]1CN(CCCCN3C(=O)NC4C(SC5NCC(c6ccccc6)NC54)C3=O)C[C@@H]1CO2.Cl. The van der Waals surface area contributed by atoms with Gasteiger partial charge in [-0.3, -0.25) is 9.69 Å². The highest BCUT2D eigenvalue weighted by Gasteiger charge is 2.54. The highest BCUT2D eigenvalue weighted by Crippen LogP contribution is 2.46. The number of carbonyl (C=O) groups excluding carboxylic acids is 2. The maximum absolute atomic E-state index is 13.5. The molecule has 11 heteroatoms. The summed E-state index contributed by atoms with van der Waals surface area (Å²) in [6.07, 6.45) is 1.73. The number of ether oxygens (including phenoxy) is 2. The fraction of sp³-hybridized carbons (Fsp3) is 0.533. The summed E-state index contributed by atoms with van der Waals surface area (Å²) in [7, 11) is 1.72. The van der Waals surface area contributed by atoms with Crippen molar-refractivity contribution in [2.75, 3.05) is 46.4 Å². The fourth-order valence-corrected chi connectivity index (χ4v) is 8.77. The largest absolute Gasteiger partial charge is 0.496 e. The Morgan fingerprint density at radius 3 is 2.68 bits per heavy atom. The Morgan fingerprint density at radius 2 is 1.85 bits per heavy atom. The number of thioether (sulfide) groups is 1. The molecule has 2 aromatic rings. The number of urea groups is 1. The number of nitrogens with zero attached hydrogens (tertiary/aromatic N) is 2. The molecule has 4 fully saturated rings. The van der Waals surface area contributed by atoms with Crippen molar-refractivity contribution in [3.05, 3.63) is 59.7 Å². The van der Waals surface area contributed by atoms with E-state index in [1.165, 1.54) is 16.0 Å². The molecule has 0 aliphatic carbocycles. The third-order valence-corrected chi connectivity index (χ3v) is 10.7. The molecule has 0 radical (unpaired) electrons. The quantitative estimate of drug-likeness (QED) is 0.418. The molecule has 4 saturated heterocycles. The van der Waals surface area contributed by atoms with Crippen molar-refractivity contribution in [2.45, 2.75) is 47.5 Å². The van der Waals surface area contributed by atoms with Gasteiger partial charge < -0.3 is 30.3 Å². The molecule has 2 aromatic carbocycles. The zero-order valence-electron chi connectivity index (χ0n) is 23.2. The lowest BCUT2D eigenvalue weighted by molar-refractivity contribution is -0.129. The van der Waals surface area contributed by atoms with Crippen LogP contribution in [-0.2, 0) is 4.79 Å². The Kier molecular flexibility index (Phi) is 8.38. The lowest BCUT2D eigenvalue weighted by Gasteiger charge is -2.39. The van der Waals surface area contributed by atoms with E-state index in [-0.39, 0.29) is 53.1 Å². The van der Waals surface area contributed by atoms with Gasteiger partial charge in [0.1, 0.15) is 16.7 Å². The molecular formula is C30H38ClN5O4S. The van der Waals surface area contributed by atoms with E-state index >= 15 is 0 Å². The molecule has 41 heavy (non-hydrogen) atoms. The fourth-order valence-electron chi connectivity index (χ4n) is 7.19. The van der Waals surface area contributed by atoms with E-state index in [2.05, 4.69) is 33.0 Å². The van der Waals surface area contributed by atoms with Crippen LogP contribution in [0.15, 0.2) is 48.5 Å². The van der Waals surface area contributed by atoms with E-state index in [4.69, 9.17) is 9.47 Å². The highest BCUT2D eigenvalue weighted by atomic mass is 35.5. The number of methoxy groups -OCH3 is 1. The molecule has 220 valence electrons. The van der Waals surface area contributed by atoms with Crippen molar-refractivity contribution in [3.8, 4) is 11.5 Å². The van der Waals surface area contributed by atoms with Gasteiger partial charge in [-0.1, -0.05) is 36.4 Å². The van der Waals surface area contributed by atoms with Gasteiger partial charge in [-0.15, -0.1) is 24.2 Å². The van der Waals surface area contributed by atoms with Crippen molar-refractivity contribution in [3.63, 3.8) is 0 Å². The van der Waals surface area contributed by atoms with Gasteiger partial charge in [0.15, 0.2) is 0 Å². The van der Waals surface area contributed by atoms with Gasteiger partial charge in [0.2, 0.25) is 5.91 Å². The van der Waals surface area contributed by atoms with Crippen molar-refractivity contribution in [1.82, 2.24) is 25.8 Å². The Bertz CT molecular complexity index is 1260. The second kappa shape index (κ2) is 12.0. The number of benzene rings is 2. The van der Waals surface area contributed by atoms with Gasteiger partial charge in [-0.05, 0) is 37.1 Å². The predicted octanol–water partition coefficient (Wildman–Crippen LogP) is 2.97. The number of fused-ring (bicyclic) bond motifs is 6. The predicted molar refractivity (Wildman–Crippen MR) is 161 cm³/mol. The third kappa shape index (κ3) is 5.29. The van der Waals surface area contributed by atoms with Crippen molar-refractivity contribution < 1.29 is 19.1 Å². The van der Waals surface area contributed by atoms with Gasteiger partial charge >= 0.3 is 6.03 Å². The summed E-state index contributed by atoms with van der Waals surface area (Å²) in [5.41, 5.74) is 2.41.